The second-order valence-corrected chi connectivity index (χ2v) is 8.45. The summed E-state index contributed by atoms with van der Waals surface area (Å²) in [6.07, 6.45) is 0.820. The van der Waals surface area contributed by atoms with E-state index in [-0.39, 0.29) is 11.7 Å². The number of anilines is 1. The minimum Gasteiger partial charge on any atom is -0.423 e. The van der Waals surface area contributed by atoms with E-state index < -0.39 is 31.9 Å². The molecule has 0 aliphatic heterocycles. The minimum atomic E-state index is -5.84. The molecule has 0 radical (unpaired) electrons. The number of sulfone groups is 1. The Morgan fingerprint density at radius 3 is 2.33 bits per heavy atom. The molecule has 1 N–H and O–H groups in total. The van der Waals surface area contributed by atoms with Crippen molar-refractivity contribution in [3.05, 3.63) is 70.5 Å². The summed E-state index contributed by atoms with van der Waals surface area (Å²) in [5.41, 5.74) is -6.10. The zero-order valence-electron chi connectivity index (χ0n) is 14.7. The van der Waals surface area contributed by atoms with Gasteiger partial charge in [0.25, 0.3) is 15.7 Å². The normalized spacial score (nSPS) is 11.7. The van der Waals surface area contributed by atoms with Crippen molar-refractivity contribution < 1.29 is 35.9 Å². The van der Waals surface area contributed by atoms with Gasteiger partial charge < -0.3 is 10.1 Å². The van der Waals surface area contributed by atoms with Crippen LogP contribution in [0.25, 0.3) is 0 Å². The van der Waals surface area contributed by atoms with Gasteiger partial charge in [0.15, 0.2) is 5.03 Å². The number of hydrogen-bond donors (Lipinski definition) is 1. The zero-order valence-corrected chi connectivity index (χ0v) is 16.3. The molecule has 1 aromatic carbocycles. The van der Waals surface area contributed by atoms with Gasteiger partial charge in [-0.15, -0.1) is 11.3 Å². The van der Waals surface area contributed by atoms with E-state index >= 15 is 0 Å². The van der Waals surface area contributed by atoms with Gasteiger partial charge >= 0.3 is 11.5 Å². The van der Waals surface area contributed by atoms with Gasteiger partial charge in [0, 0.05) is 11.9 Å². The van der Waals surface area contributed by atoms with E-state index in [0.717, 1.165) is 18.3 Å². The number of pyridine rings is 1. The number of nitrogens with one attached hydrogen (secondary N) is 1. The lowest BCUT2D eigenvalue weighted by atomic mass is 10.2. The third-order valence-electron chi connectivity index (χ3n) is 3.62. The highest BCUT2D eigenvalue weighted by molar-refractivity contribution is 7.92. The average molecular weight is 456 g/mol. The predicted octanol–water partition coefficient (Wildman–Crippen LogP) is 3.91. The van der Waals surface area contributed by atoms with Gasteiger partial charge in [-0.3, -0.25) is 4.79 Å². The Kier molecular flexibility index (Phi) is 5.89. The van der Waals surface area contributed by atoms with Crippen molar-refractivity contribution in [3.63, 3.8) is 0 Å². The highest BCUT2D eigenvalue weighted by Crippen LogP contribution is 2.31. The Balaban J connectivity index is 1.77. The molecule has 1 amide bonds. The van der Waals surface area contributed by atoms with Crippen molar-refractivity contribution >= 4 is 38.7 Å². The van der Waals surface area contributed by atoms with Crippen molar-refractivity contribution in [3.8, 4) is 5.75 Å². The van der Waals surface area contributed by atoms with E-state index in [9.17, 15) is 31.2 Å². The number of carbonyl (C=O) groups is 2. The molecule has 156 valence electrons. The Hall–Kier alpha value is -3.25. The van der Waals surface area contributed by atoms with Gasteiger partial charge in [-0.1, -0.05) is 6.07 Å². The molecule has 0 fully saturated rings. The fourth-order valence-electron chi connectivity index (χ4n) is 2.24. The van der Waals surface area contributed by atoms with Crippen LogP contribution < -0.4 is 10.1 Å². The number of hydrogen-bond acceptors (Lipinski definition) is 7. The summed E-state index contributed by atoms with van der Waals surface area (Å²) in [4.78, 5) is 27.9. The van der Waals surface area contributed by atoms with Crippen molar-refractivity contribution in [2.75, 3.05) is 5.32 Å². The summed E-state index contributed by atoms with van der Waals surface area (Å²) in [6.45, 7) is 0. The number of carbonyl (C=O) groups excluding carboxylic acids is 2. The molecular weight excluding hydrogens is 445 g/mol. The molecule has 0 saturated carbocycles. The maximum absolute atomic E-state index is 12.8. The molecule has 0 atom stereocenters. The van der Waals surface area contributed by atoms with Crippen LogP contribution in [0.2, 0.25) is 0 Å². The molecule has 30 heavy (non-hydrogen) atoms. The van der Waals surface area contributed by atoms with Gasteiger partial charge in [-0.25, -0.2) is 18.2 Å². The number of esters is 1. The third kappa shape index (κ3) is 4.49. The van der Waals surface area contributed by atoms with E-state index in [1.807, 2.05) is 0 Å². The maximum atomic E-state index is 12.8. The van der Waals surface area contributed by atoms with Crippen molar-refractivity contribution in [2.45, 2.75) is 10.5 Å². The fourth-order valence-corrected chi connectivity index (χ4v) is 3.72. The number of thiophene rings is 1. The quantitative estimate of drug-likeness (QED) is 0.461. The van der Waals surface area contributed by atoms with Crippen LogP contribution in [0.4, 0.5) is 18.9 Å². The van der Waals surface area contributed by atoms with Crippen LogP contribution >= 0.6 is 11.3 Å². The smallest absolute Gasteiger partial charge is 0.423 e. The molecule has 0 saturated heterocycles. The van der Waals surface area contributed by atoms with Gasteiger partial charge in [-0.05, 0) is 47.8 Å². The topological polar surface area (TPSA) is 102 Å². The third-order valence-corrected chi connectivity index (χ3v) is 5.93. The van der Waals surface area contributed by atoms with Crippen molar-refractivity contribution in [2.24, 2.45) is 0 Å². The van der Waals surface area contributed by atoms with Crippen molar-refractivity contribution in [1.82, 2.24) is 4.98 Å². The number of alkyl halides is 3. The first-order chi connectivity index (χ1) is 14.1. The molecule has 2 aromatic heterocycles. The Morgan fingerprint density at radius 1 is 1.03 bits per heavy atom. The molecule has 7 nitrogen and oxygen atoms in total. The Morgan fingerprint density at radius 2 is 1.73 bits per heavy atom. The van der Waals surface area contributed by atoms with Crippen LogP contribution in [-0.2, 0) is 9.84 Å². The highest BCUT2D eigenvalue weighted by atomic mass is 32.2. The lowest BCUT2D eigenvalue weighted by molar-refractivity contribution is -0.0438. The van der Waals surface area contributed by atoms with Gasteiger partial charge in [-0.2, -0.15) is 13.2 Å². The molecule has 0 bridgehead atoms. The van der Waals surface area contributed by atoms with E-state index in [4.69, 9.17) is 4.74 Å². The second-order valence-electron chi connectivity index (χ2n) is 5.65. The van der Waals surface area contributed by atoms with Crippen LogP contribution in [0.3, 0.4) is 0 Å². The number of halogens is 3. The largest absolute Gasteiger partial charge is 0.503 e. The molecule has 2 heterocycles. The molecule has 12 heteroatoms. The molecule has 0 aliphatic carbocycles. The summed E-state index contributed by atoms with van der Waals surface area (Å²) >= 11 is 1.25. The van der Waals surface area contributed by atoms with Gasteiger partial charge in [0.1, 0.15) is 5.75 Å². The molecular formula is C18H11F3N2O5S2. The Bertz CT molecular complexity index is 1180. The number of nitrogens with zero attached hydrogens (tertiary/aromatic N) is 1. The first kappa shape index (κ1) is 21.5. The predicted molar refractivity (Wildman–Crippen MR) is 101 cm³/mol. The first-order valence-corrected chi connectivity index (χ1v) is 10.4. The SMILES string of the molecule is O=C(Nc1ccc(OC(=O)c2cccnc2S(=O)(=O)C(F)(F)F)cc1)c1cccs1. The first-order valence-electron chi connectivity index (χ1n) is 8.03. The zero-order chi connectivity index (χ0) is 21.9. The second kappa shape index (κ2) is 8.24. The highest BCUT2D eigenvalue weighted by Gasteiger charge is 2.49. The Labute approximate surface area is 172 Å². The van der Waals surface area contributed by atoms with Crippen LogP contribution in [-0.4, -0.2) is 30.8 Å². The van der Waals surface area contributed by atoms with E-state index in [1.165, 1.54) is 35.6 Å². The number of aromatic nitrogens is 1. The lowest BCUT2D eigenvalue weighted by Gasteiger charge is -2.11. The van der Waals surface area contributed by atoms with E-state index in [0.29, 0.717) is 10.6 Å². The van der Waals surface area contributed by atoms with Crippen molar-refractivity contribution in [1.29, 1.82) is 0 Å². The van der Waals surface area contributed by atoms with Crippen LogP contribution in [0.5, 0.6) is 5.75 Å². The monoisotopic (exact) mass is 456 g/mol. The minimum absolute atomic E-state index is 0.0756. The summed E-state index contributed by atoms with van der Waals surface area (Å²) in [6, 6.07) is 10.7. The van der Waals surface area contributed by atoms with Gasteiger partial charge in [0.05, 0.1) is 10.4 Å². The van der Waals surface area contributed by atoms with E-state index in [2.05, 4.69) is 10.3 Å². The summed E-state index contributed by atoms with van der Waals surface area (Å²) in [5.74, 6) is -1.75. The molecule has 0 unspecified atom stereocenters. The average Bonchev–Trinajstić information content (AvgIpc) is 3.23. The summed E-state index contributed by atoms with van der Waals surface area (Å²) in [5, 5.41) is 2.92. The molecule has 3 rings (SSSR count). The molecule has 0 aliphatic rings. The number of ether oxygens (including phenoxy) is 1. The number of benzene rings is 1. The number of amides is 1. The van der Waals surface area contributed by atoms with Gasteiger partial charge in [0.2, 0.25) is 0 Å². The number of rotatable bonds is 5. The fraction of sp³-hybridized carbons (Fsp3) is 0.0556. The van der Waals surface area contributed by atoms with Crippen LogP contribution in [0, 0.1) is 0 Å². The molecule has 3 aromatic rings. The van der Waals surface area contributed by atoms with Crippen LogP contribution in [0.1, 0.15) is 20.0 Å². The molecule has 0 spiro atoms. The van der Waals surface area contributed by atoms with Crippen LogP contribution in [0.15, 0.2) is 65.1 Å². The summed E-state index contributed by atoms with van der Waals surface area (Å²) < 4.78 is 66.7. The standard InChI is InChI=1S/C18H11F3N2O5S2/c19-18(20,21)30(26,27)16-13(3-1-9-22-16)17(25)28-12-7-5-11(6-8-12)23-15(24)14-4-2-10-29-14/h1-10H,(H,23,24). The summed E-state index contributed by atoms with van der Waals surface area (Å²) in [7, 11) is -5.84. The maximum Gasteiger partial charge on any atom is 0.503 e. The van der Waals surface area contributed by atoms with E-state index in [1.54, 1.807) is 17.5 Å². The lowest BCUT2D eigenvalue weighted by Crippen LogP contribution is -2.27.